The summed E-state index contributed by atoms with van der Waals surface area (Å²) in [5.41, 5.74) is 4.71. The van der Waals surface area contributed by atoms with Gasteiger partial charge in [-0.3, -0.25) is 4.90 Å². The zero-order valence-corrected chi connectivity index (χ0v) is 14.3. The van der Waals surface area contributed by atoms with Gasteiger partial charge in [-0.15, -0.1) is 0 Å². The molecule has 21 heavy (non-hydrogen) atoms. The monoisotopic (exact) mass is 346 g/mol. The number of rotatable bonds is 3. The molecule has 0 amide bonds. The quantitative estimate of drug-likeness (QED) is 0.767. The number of fused-ring (bicyclic) bond motifs is 3. The van der Waals surface area contributed by atoms with Gasteiger partial charge in [-0.05, 0) is 56.0 Å². The second kappa shape index (κ2) is 5.44. The molecule has 2 aromatic rings. The number of hydrogen-bond acceptors (Lipinski definition) is 1. The number of aromatic nitrogens is 1. The summed E-state index contributed by atoms with van der Waals surface area (Å²) in [6.07, 6.45) is 6.57. The van der Waals surface area contributed by atoms with Crippen molar-refractivity contribution in [2.45, 2.75) is 51.6 Å². The van der Waals surface area contributed by atoms with Gasteiger partial charge in [-0.25, -0.2) is 0 Å². The largest absolute Gasteiger partial charge is 0.342 e. The summed E-state index contributed by atoms with van der Waals surface area (Å²) in [5, 5.41) is 1.49. The summed E-state index contributed by atoms with van der Waals surface area (Å²) in [7, 11) is 0. The molecule has 2 heterocycles. The van der Waals surface area contributed by atoms with Crippen LogP contribution in [0.5, 0.6) is 0 Å². The van der Waals surface area contributed by atoms with E-state index in [9.17, 15) is 0 Å². The number of hydrogen-bond donors (Lipinski definition) is 0. The van der Waals surface area contributed by atoms with Crippen LogP contribution in [-0.4, -0.2) is 22.6 Å². The molecule has 0 bridgehead atoms. The van der Waals surface area contributed by atoms with E-state index in [1.165, 1.54) is 60.6 Å². The zero-order chi connectivity index (χ0) is 14.4. The SMILES string of the molecule is CCCCN1CCn2c3c(c4cc(Br)ccc42)CCCC31. The Bertz CT molecular complexity index is 673. The van der Waals surface area contributed by atoms with Gasteiger partial charge in [-0.1, -0.05) is 29.3 Å². The van der Waals surface area contributed by atoms with Crippen molar-refractivity contribution >= 4 is 26.8 Å². The molecule has 0 radical (unpaired) electrons. The molecule has 1 unspecified atom stereocenters. The minimum Gasteiger partial charge on any atom is -0.342 e. The van der Waals surface area contributed by atoms with Gasteiger partial charge in [0.1, 0.15) is 0 Å². The van der Waals surface area contributed by atoms with E-state index in [0.717, 1.165) is 6.54 Å². The van der Waals surface area contributed by atoms with E-state index < -0.39 is 0 Å². The number of benzene rings is 1. The van der Waals surface area contributed by atoms with Crippen LogP contribution in [0.3, 0.4) is 0 Å². The molecule has 2 aliphatic rings. The molecule has 0 saturated heterocycles. The Morgan fingerprint density at radius 1 is 1.29 bits per heavy atom. The smallest absolute Gasteiger partial charge is 0.0504 e. The average molecular weight is 347 g/mol. The standard InChI is InChI=1S/C18H23BrN2/c1-2-3-9-20-10-11-21-16-8-7-13(19)12-15(16)14-5-4-6-17(20)18(14)21/h7-8,12,17H,2-6,9-11H2,1H3. The minimum absolute atomic E-state index is 0.667. The Hall–Kier alpha value is -0.800. The summed E-state index contributed by atoms with van der Waals surface area (Å²) in [4.78, 5) is 2.75. The maximum Gasteiger partial charge on any atom is 0.0504 e. The highest BCUT2D eigenvalue weighted by atomic mass is 79.9. The Kier molecular flexibility index (Phi) is 3.58. The van der Waals surface area contributed by atoms with Crippen molar-refractivity contribution in [3.8, 4) is 0 Å². The topological polar surface area (TPSA) is 8.17 Å². The summed E-state index contributed by atoms with van der Waals surface area (Å²) in [6, 6.07) is 7.49. The zero-order valence-electron chi connectivity index (χ0n) is 12.7. The van der Waals surface area contributed by atoms with E-state index in [-0.39, 0.29) is 0 Å². The molecular formula is C18H23BrN2. The van der Waals surface area contributed by atoms with E-state index in [4.69, 9.17) is 0 Å². The fraction of sp³-hybridized carbons (Fsp3) is 0.556. The van der Waals surface area contributed by atoms with Crippen LogP contribution in [-0.2, 0) is 13.0 Å². The van der Waals surface area contributed by atoms with Crippen LogP contribution in [0.15, 0.2) is 22.7 Å². The van der Waals surface area contributed by atoms with Crippen molar-refractivity contribution in [2.24, 2.45) is 0 Å². The lowest BCUT2D eigenvalue weighted by Gasteiger charge is -2.40. The highest BCUT2D eigenvalue weighted by Gasteiger charge is 2.34. The molecule has 3 heteroatoms. The second-order valence-corrected chi connectivity index (χ2v) is 7.39. The molecule has 1 aromatic heterocycles. The molecule has 0 saturated carbocycles. The number of nitrogens with zero attached hydrogens (tertiary/aromatic N) is 2. The average Bonchev–Trinajstić information content (AvgIpc) is 2.82. The van der Waals surface area contributed by atoms with Crippen LogP contribution in [0.25, 0.3) is 10.9 Å². The molecule has 1 aliphatic heterocycles. The highest BCUT2D eigenvalue weighted by Crippen LogP contribution is 2.43. The summed E-state index contributed by atoms with van der Waals surface area (Å²) in [6.45, 7) is 5.95. The third kappa shape index (κ3) is 2.17. The molecule has 2 nitrogen and oxygen atoms in total. The van der Waals surface area contributed by atoms with Gasteiger partial charge in [0, 0.05) is 34.2 Å². The van der Waals surface area contributed by atoms with Gasteiger partial charge in [0.15, 0.2) is 0 Å². The van der Waals surface area contributed by atoms with Crippen LogP contribution in [0.2, 0.25) is 0 Å². The van der Waals surface area contributed by atoms with Crippen molar-refractivity contribution < 1.29 is 0 Å². The maximum absolute atomic E-state index is 3.65. The van der Waals surface area contributed by atoms with Gasteiger partial charge in [0.25, 0.3) is 0 Å². The lowest BCUT2D eigenvalue weighted by atomic mass is 9.89. The molecule has 112 valence electrons. The minimum atomic E-state index is 0.667. The van der Waals surface area contributed by atoms with Crippen molar-refractivity contribution in [3.05, 3.63) is 33.9 Å². The normalized spacial score (nSPS) is 21.7. The third-order valence-electron chi connectivity index (χ3n) is 5.24. The van der Waals surface area contributed by atoms with Crippen molar-refractivity contribution in [3.63, 3.8) is 0 Å². The predicted molar refractivity (Wildman–Crippen MR) is 91.8 cm³/mol. The molecule has 4 rings (SSSR count). The van der Waals surface area contributed by atoms with Crippen LogP contribution in [0, 0.1) is 0 Å². The van der Waals surface area contributed by atoms with Gasteiger partial charge < -0.3 is 4.57 Å². The van der Waals surface area contributed by atoms with E-state index in [2.05, 4.69) is 50.5 Å². The number of halogens is 1. The molecule has 0 N–H and O–H groups in total. The van der Waals surface area contributed by atoms with Crippen LogP contribution in [0.4, 0.5) is 0 Å². The first kappa shape index (κ1) is 13.8. The number of unbranched alkanes of at least 4 members (excludes halogenated alkanes) is 1. The van der Waals surface area contributed by atoms with E-state index in [1.807, 2.05) is 0 Å². The van der Waals surface area contributed by atoms with E-state index in [0.29, 0.717) is 6.04 Å². The Balaban J connectivity index is 1.84. The van der Waals surface area contributed by atoms with Crippen molar-refractivity contribution in [1.29, 1.82) is 0 Å². The predicted octanol–water partition coefficient (Wildman–Crippen LogP) is 4.90. The fourth-order valence-electron chi connectivity index (χ4n) is 4.28. The first-order valence-corrected chi connectivity index (χ1v) is 9.13. The molecule has 1 aliphatic carbocycles. The summed E-state index contributed by atoms with van der Waals surface area (Å²) >= 11 is 3.65. The third-order valence-corrected chi connectivity index (χ3v) is 5.74. The van der Waals surface area contributed by atoms with Gasteiger partial charge in [0.2, 0.25) is 0 Å². The van der Waals surface area contributed by atoms with E-state index in [1.54, 1.807) is 11.3 Å². The van der Waals surface area contributed by atoms with Crippen LogP contribution < -0.4 is 0 Å². The Labute approximate surface area is 135 Å². The highest BCUT2D eigenvalue weighted by molar-refractivity contribution is 9.10. The lowest BCUT2D eigenvalue weighted by Crippen LogP contribution is -2.40. The second-order valence-electron chi connectivity index (χ2n) is 6.47. The van der Waals surface area contributed by atoms with Crippen molar-refractivity contribution in [1.82, 2.24) is 9.47 Å². The Morgan fingerprint density at radius 2 is 2.19 bits per heavy atom. The summed E-state index contributed by atoms with van der Waals surface area (Å²) < 4.78 is 3.82. The van der Waals surface area contributed by atoms with Gasteiger partial charge >= 0.3 is 0 Å². The molecule has 0 fully saturated rings. The first-order chi connectivity index (χ1) is 10.3. The number of aryl methyl sites for hydroxylation is 1. The molecular weight excluding hydrogens is 324 g/mol. The first-order valence-electron chi connectivity index (χ1n) is 8.34. The van der Waals surface area contributed by atoms with E-state index >= 15 is 0 Å². The van der Waals surface area contributed by atoms with Gasteiger partial charge in [0.05, 0.1) is 6.04 Å². The lowest BCUT2D eigenvalue weighted by molar-refractivity contribution is 0.139. The molecule has 1 atom stereocenters. The maximum atomic E-state index is 3.65. The summed E-state index contributed by atoms with van der Waals surface area (Å²) in [5.74, 6) is 0. The Morgan fingerprint density at radius 3 is 3.05 bits per heavy atom. The van der Waals surface area contributed by atoms with Crippen LogP contribution in [0.1, 0.15) is 49.9 Å². The fourth-order valence-corrected chi connectivity index (χ4v) is 4.64. The van der Waals surface area contributed by atoms with Crippen molar-refractivity contribution in [2.75, 3.05) is 13.1 Å². The van der Waals surface area contributed by atoms with Crippen LogP contribution >= 0.6 is 15.9 Å². The molecule has 0 spiro atoms. The van der Waals surface area contributed by atoms with Gasteiger partial charge in [-0.2, -0.15) is 0 Å². The molecule has 1 aromatic carbocycles.